The van der Waals surface area contributed by atoms with Gasteiger partial charge in [-0.25, -0.2) is 4.79 Å². The third-order valence-electron chi connectivity index (χ3n) is 2.39. The van der Waals surface area contributed by atoms with E-state index in [1.165, 1.54) is 5.56 Å². The first kappa shape index (κ1) is 12.7. The molecule has 0 radical (unpaired) electrons. The number of carbonyl (C=O) groups is 1. The first-order valence-corrected chi connectivity index (χ1v) is 5.53. The second-order valence-electron chi connectivity index (χ2n) is 3.79. The Morgan fingerprint density at radius 3 is 2.56 bits per heavy atom. The van der Waals surface area contributed by atoms with Crippen molar-refractivity contribution >= 4 is 5.97 Å². The van der Waals surface area contributed by atoms with Gasteiger partial charge in [-0.05, 0) is 32.3 Å². The van der Waals surface area contributed by atoms with Crippen molar-refractivity contribution in [3.8, 4) is 0 Å². The van der Waals surface area contributed by atoms with Crippen LogP contribution < -0.4 is 0 Å². The van der Waals surface area contributed by atoms with Crippen LogP contribution in [0, 0.1) is 6.92 Å². The Morgan fingerprint density at radius 2 is 2.00 bits per heavy atom. The summed E-state index contributed by atoms with van der Waals surface area (Å²) < 4.78 is 4.72. The first-order valence-electron chi connectivity index (χ1n) is 5.53. The summed E-state index contributed by atoms with van der Waals surface area (Å²) in [5.41, 5.74) is 2.32. The van der Waals surface area contributed by atoms with Crippen molar-refractivity contribution in [2.45, 2.75) is 32.8 Å². The van der Waals surface area contributed by atoms with Crippen LogP contribution in [0.15, 0.2) is 24.3 Å². The van der Waals surface area contributed by atoms with E-state index in [0.29, 0.717) is 19.4 Å². The van der Waals surface area contributed by atoms with Crippen molar-refractivity contribution < 1.29 is 14.6 Å². The molecule has 3 heteroatoms. The minimum absolute atomic E-state index is 0.306. The molecule has 16 heavy (non-hydrogen) atoms. The van der Waals surface area contributed by atoms with E-state index in [1.807, 2.05) is 31.2 Å². The van der Waals surface area contributed by atoms with Gasteiger partial charge in [-0.15, -0.1) is 0 Å². The summed E-state index contributed by atoms with van der Waals surface area (Å²) in [4.78, 5) is 11.1. The quantitative estimate of drug-likeness (QED) is 0.773. The number of benzene rings is 1. The topological polar surface area (TPSA) is 46.5 Å². The molecule has 1 rings (SSSR count). The van der Waals surface area contributed by atoms with Gasteiger partial charge in [0.1, 0.15) is 0 Å². The molecule has 0 aliphatic heterocycles. The minimum atomic E-state index is -1.01. The van der Waals surface area contributed by atoms with Crippen LogP contribution in [0.25, 0.3) is 0 Å². The second kappa shape index (κ2) is 6.28. The van der Waals surface area contributed by atoms with Gasteiger partial charge in [-0.2, -0.15) is 0 Å². The summed E-state index contributed by atoms with van der Waals surface area (Å²) in [5, 5.41) is 9.49. The molecule has 0 bridgehead atoms. The highest BCUT2D eigenvalue weighted by molar-refractivity contribution is 5.74. The van der Waals surface area contributed by atoms with E-state index < -0.39 is 12.1 Å². The van der Waals surface area contributed by atoms with Crippen LogP contribution in [0.1, 0.15) is 24.5 Å². The lowest BCUT2D eigenvalue weighted by atomic mass is 10.1. The molecule has 1 aromatic carbocycles. The van der Waals surface area contributed by atoms with Crippen LogP contribution in [0.5, 0.6) is 0 Å². The van der Waals surface area contributed by atoms with Crippen molar-refractivity contribution in [2.24, 2.45) is 0 Å². The molecule has 0 aliphatic rings. The summed E-state index contributed by atoms with van der Waals surface area (Å²) >= 11 is 0. The molecule has 0 fully saturated rings. The maximum Gasteiger partial charge on any atom is 0.334 e. The molecular formula is C13H18O3. The van der Waals surface area contributed by atoms with Crippen LogP contribution >= 0.6 is 0 Å². The maximum absolute atomic E-state index is 11.1. The zero-order valence-electron chi connectivity index (χ0n) is 9.77. The summed E-state index contributed by atoms with van der Waals surface area (Å²) in [7, 11) is 0. The van der Waals surface area contributed by atoms with Gasteiger partial charge >= 0.3 is 5.97 Å². The number of rotatable bonds is 5. The molecule has 0 aliphatic carbocycles. The van der Waals surface area contributed by atoms with E-state index in [2.05, 4.69) is 0 Å². The van der Waals surface area contributed by atoms with E-state index in [1.54, 1.807) is 6.92 Å². The van der Waals surface area contributed by atoms with Gasteiger partial charge in [0.15, 0.2) is 6.10 Å². The van der Waals surface area contributed by atoms with Crippen molar-refractivity contribution in [3.63, 3.8) is 0 Å². The van der Waals surface area contributed by atoms with Crippen LogP contribution in [0.2, 0.25) is 0 Å². The molecule has 0 heterocycles. The molecular weight excluding hydrogens is 204 g/mol. The Balaban J connectivity index is 2.39. The third kappa shape index (κ3) is 4.03. The number of carbonyl (C=O) groups excluding carboxylic acids is 1. The summed E-state index contributed by atoms with van der Waals surface area (Å²) in [6.45, 7) is 4.06. The lowest BCUT2D eigenvalue weighted by Crippen LogP contribution is -2.23. The number of hydrogen-bond acceptors (Lipinski definition) is 3. The molecule has 0 unspecified atom stereocenters. The summed E-state index contributed by atoms with van der Waals surface area (Å²) in [6.07, 6.45) is 0.0727. The van der Waals surface area contributed by atoms with Crippen LogP contribution in [-0.2, 0) is 16.0 Å². The number of ether oxygens (including phenoxy) is 1. The fourth-order valence-electron chi connectivity index (χ4n) is 1.41. The number of hydrogen-bond donors (Lipinski definition) is 1. The Bertz CT molecular complexity index is 330. The molecule has 0 amide bonds. The van der Waals surface area contributed by atoms with Crippen LogP contribution in [0.4, 0.5) is 0 Å². The lowest BCUT2D eigenvalue weighted by Gasteiger charge is -2.09. The molecule has 0 spiro atoms. The normalized spacial score (nSPS) is 12.2. The molecule has 1 N–H and O–H groups in total. The average Bonchev–Trinajstić information content (AvgIpc) is 2.28. The minimum Gasteiger partial charge on any atom is -0.464 e. The highest BCUT2D eigenvalue weighted by Crippen LogP contribution is 2.08. The van der Waals surface area contributed by atoms with Crippen molar-refractivity contribution in [1.29, 1.82) is 0 Å². The van der Waals surface area contributed by atoms with Gasteiger partial charge in [-0.3, -0.25) is 0 Å². The maximum atomic E-state index is 11.1. The molecule has 0 saturated heterocycles. The van der Waals surface area contributed by atoms with Gasteiger partial charge in [0.25, 0.3) is 0 Å². The predicted molar refractivity (Wildman–Crippen MR) is 62.1 cm³/mol. The Morgan fingerprint density at radius 1 is 1.38 bits per heavy atom. The van der Waals surface area contributed by atoms with Gasteiger partial charge in [0, 0.05) is 0 Å². The SMILES string of the molecule is CCOC(=O)[C@H](O)CCc1ccc(C)cc1. The van der Waals surface area contributed by atoms with Gasteiger partial charge in [0.2, 0.25) is 0 Å². The number of aliphatic hydroxyl groups is 1. The van der Waals surface area contributed by atoms with Gasteiger partial charge in [0.05, 0.1) is 6.61 Å². The number of esters is 1. The summed E-state index contributed by atoms with van der Waals surface area (Å²) in [6, 6.07) is 8.05. The standard InChI is InChI=1S/C13H18O3/c1-3-16-13(15)12(14)9-8-11-6-4-10(2)5-7-11/h4-7,12,14H,3,8-9H2,1-2H3/t12-/m1/s1. The van der Waals surface area contributed by atoms with E-state index in [0.717, 1.165) is 5.56 Å². The highest BCUT2D eigenvalue weighted by Gasteiger charge is 2.15. The number of aryl methyl sites for hydroxylation is 2. The van der Waals surface area contributed by atoms with Crippen LogP contribution in [0.3, 0.4) is 0 Å². The third-order valence-corrected chi connectivity index (χ3v) is 2.39. The fourth-order valence-corrected chi connectivity index (χ4v) is 1.41. The fraction of sp³-hybridized carbons (Fsp3) is 0.462. The molecule has 88 valence electrons. The van der Waals surface area contributed by atoms with E-state index >= 15 is 0 Å². The Kier molecular flexibility index (Phi) is 4.99. The molecule has 0 saturated carbocycles. The van der Waals surface area contributed by atoms with Crippen molar-refractivity contribution in [3.05, 3.63) is 35.4 Å². The Hall–Kier alpha value is -1.35. The van der Waals surface area contributed by atoms with Crippen molar-refractivity contribution in [1.82, 2.24) is 0 Å². The first-order chi connectivity index (χ1) is 7.63. The van der Waals surface area contributed by atoms with E-state index in [4.69, 9.17) is 4.74 Å². The van der Waals surface area contributed by atoms with Crippen molar-refractivity contribution in [2.75, 3.05) is 6.61 Å². The van der Waals surface area contributed by atoms with E-state index in [-0.39, 0.29) is 0 Å². The average molecular weight is 222 g/mol. The lowest BCUT2D eigenvalue weighted by molar-refractivity contribution is -0.153. The molecule has 0 aromatic heterocycles. The number of aliphatic hydroxyl groups excluding tert-OH is 1. The van der Waals surface area contributed by atoms with Gasteiger partial charge in [-0.1, -0.05) is 29.8 Å². The molecule has 1 aromatic rings. The second-order valence-corrected chi connectivity index (χ2v) is 3.79. The Labute approximate surface area is 96.1 Å². The van der Waals surface area contributed by atoms with E-state index in [9.17, 15) is 9.90 Å². The van der Waals surface area contributed by atoms with Crippen LogP contribution in [-0.4, -0.2) is 23.8 Å². The smallest absolute Gasteiger partial charge is 0.334 e. The monoisotopic (exact) mass is 222 g/mol. The summed E-state index contributed by atoms with van der Waals surface area (Å²) in [5.74, 6) is -0.533. The molecule has 1 atom stereocenters. The largest absolute Gasteiger partial charge is 0.464 e. The zero-order chi connectivity index (χ0) is 12.0. The van der Waals surface area contributed by atoms with Gasteiger partial charge < -0.3 is 9.84 Å². The molecule has 3 nitrogen and oxygen atoms in total. The highest BCUT2D eigenvalue weighted by atomic mass is 16.5. The predicted octanol–water partition coefficient (Wildman–Crippen LogP) is 1.85. The zero-order valence-corrected chi connectivity index (χ0v) is 9.77.